The Morgan fingerprint density at radius 2 is 2.22 bits per heavy atom. The number of carbonyl (C=O) groups excluding carboxylic acids is 1. The van der Waals surface area contributed by atoms with E-state index >= 15 is 0 Å². The van der Waals surface area contributed by atoms with Crippen LogP contribution < -0.4 is 11.1 Å². The largest absolute Gasteiger partial charge is 0.477 e. The molecule has 1 fully saturated rings. The van der Waals surface area contributed by atoms with E-state index in [0.29, 0.717) is 11.6 Å². The van der Waals surface area contributed by atoms with E-state index in [1.165, 1.54) is 18.3 Å². The first-order valence-corrected chi connectivity index (χ1v) is 5.81. The van der Waals surface area contributed by atoms with Crippen molar-refractivity contribution < 1.29 is 14.7 Å². The molecule has 1 aromatic heterocycles. The quantitative estimate of drug-likeness (QED) is 0.717. The third-order valence-electron chi connectivity index (χ3n) is 2.91. The van der Waals surface area contributed by atoms with Gasteiger partial charge in [-0.25, -0.2) is 9.78 Å². The number of nitrogens with one attached hydrogen (secondary N) is 1. The molecule has 1 atom stereocenters. The molecule has 2 rings (SSSR count). The zero-order chi connectivity index (χ0) is 13.1. The first-order valence-electron chi connectivity index (χ1n) is 5.81. The highest BCUT2D eigenvalue weighted by atomic mass is 16.4. The van der Waals surface area contributed by atoms with Crippen molar-refractivity contribution in [2.45, 2.75) is 25.3 Å². The summed E-state index contributed by atoms with van der Waals surface area (Å²) in [6, 6.07) is 2.77. The normalized spacial score (nSPS) is 16.1. The molecule has 96 valence electrons. The van der Waals surface area contributed by atoms with Gasteiger partial charge in [-0.1, -0.05) is 0 Å². The van der Waals surface area contributed by atoms with E-state index < -0.39 is 5.97 Å². The number of carboxylic acid groups (broad SMARTS) is 1. The molecule has 1 heterocycles. The van der Waals surface area contributed by atoms with Crippen molar-refractivity contribution in [1.82, 2.24) is 4.98 Å². The Labute approximate surface area is 104 Å². The maximum absolute atomic E-state index is 11.6. The van der Waals surface area contributed by atoms with E-state index in [4.69, 9.17) is 10.8 Å². The molecule has 0 spiro atoms. The number of nitrogens with zero attached hydrogens (tertiary/aromatic N) is 1. The van der Waals surface area contributed by atoms with Gasteiger partial charge < -0.3 is 16.2 Å². The van der Waals surface area contributed by atoms with Crippen molar-refractivity contribution in [3.63, 3.8) is 0 Å². The second-order valence-corrected chi connectivity index (χ2v) is 4.49. The number of hydrogen-bond donors (Lipinski definition) is 3. The average Bonchev–Trinajstić information content (AvgIpc) is 3.13. The monoisotopic (exact) mass is 249 g/mol. The number of anilines is 1. The molecular weight excluding hydrogens is 234 g/mol. The number of pyridine rings is 1. The Bertz CT molecular complexity index is 454. The summed E-state index contributed by atoms with van der Waals surface area (Å²) in [6.45, 7) is 0. The van der Waals surface area contributed by atoms with Gasteiger partial charge in [-0.15, -0.1) is 0 Å². The van der Waals surface area contributed by atoms with Crippen LogP contribution in [-0.2, 0) is 4.79 Å². The van der Waals surface area contributed by atoms with Crippen LogP contribution in [-0.4, -0.2) is 28.0 Å². The summed E-state index contributed by atoms with van der Waals surface area (Å²) in [4.78, 5) is 25.9. The highest BCUT2D eigenvalue weighted by molar-refractivity contribution is 5.91. The number of rotatable bonds is 5. The van der Waals surface area contributed by atoms with Gasteiger partial charge in [0.25, 0.3) is 0 Å². The van der Waals surface area contributed by atoms with E-state index in [-0.39, 0.29) is 24.1 Å². The molecule has 1 aliphatic carbocycles. The fourth-order valence-corrected chi connectivity index (χ4v) is 1.71. The van der Waals surface area contributed by atoms with Crippen LogP contribution in [0.3, 0.4) is 0 Å². The minimum absolute atomic E-state index is 0.0531. The summed E-state index contributed by atoms with van der Waals surface area (Å²) in [6.07, 6.45) is 3.81. The molecule has 6 nitrogen and oxygen atoms in total. The molecule has 4 N–H and O–H groups in total. The van der Waals surface area contributed by atoms with Crippen LogP contribution in [0, 0.1) is 5.92 Å². The number of carbonyl (C=O) groups is 2. The third kappa shape index (κ3) is 3.27. The van der Waals surface area contributed by atoms with Crippen LogP contribution in [0.2, 0.25) is 0 Å². The maximum atomic E-state index is 11.6. The van der Waals surface area contributed by atoms with Gasteiger partial charge in [0.2, 0.25) is 5.91 Å². The third-order valence-corrected chi connectivity index (χ3v) is 2.91. The number of aromatic carboxylic acids is 1. The van der Waals surface area contributed by atoms with Crippen LogP contribution in [0.15, 0.2) is 18.3 Å². The number of hydrogen-bond acceptors (Lipinski definition) is 4. The zero-order valence-corrected chi connectivity index (χ0v) is 9.80. The Balaban J connectivity index is 1.88. The first kappa shape index (κ1) is 12.5. The molecule has 1 unspecified atom stereocenters. The summed E-state index contributed by atoms with van der Waals surface area (Å²) in [5.41, 5.74) is 6.27. The SMILES string of the molecule is NC(CC(=O)Nc1ccc(C(=O)O)nc1)C1CC1. The standard InChI is InChI=1S/C12H15N3O3/c13-9(7-1-2-7)5-11(16)15-8-3-4-10(12(17)18)14-6-8/h3-4,6-7,9H,1-2,5,13H2,(H,15,16)(H,17,18). The number of carboxylic acids is 1. The number of amides is 1. The molecule has 1 aromatic rings. The van der Waals surface area contributed by atoms with Crippen molar-refractivity contribution in [1.29, 1.82) is 0 Å². The highest BCUT2D eigenvalue weighted by Gasteiger charge is 2.29. The summed E-state index contributed by atoms with van der Waals surface area (Å²) < 4.78 is 0. The smallest absolute Gasteiger partial charge is 0.354 e. The second kappa shape index (κ2) is 5.14. The summed E-state index contributed by atoms with van der Waals surface area (Å²) >= 11 is 0. The van der Waals surface area contributed by atoms with Gasteiger partial charge in [-0.05, 0) is 30.9 Å². The van der Waals surface area contributed by atoms with Gasteiger partial charge in [-0.3, -0.25) is 4.79 Å². The second-order valence-electron chi connectivity index (χ2n) is 4.49. The van der Waals surface area contributed by atoms with Crippen LogP contribution in [0.5, 0.6) is 0 Å². The van der Waals surface area contributed by atoms with E-state index in [0.717, 1.165) is 12.8 Å². The molecule has 18 heavy (non-hydrogen) atoms. The van der Waals surface area contributed by atoms with Gasteiger partial charge in [0, 0.05) is 12.5 Å². The Hall–Kier alpha value is -1.95. The topological polar surface area (TPSA) is 105 Å². The van der Waals surface area contributed by atoms with Gasteiger partial charge >= 0.3 is 5.97 Å². The lowest BCUT2D eigenvalue weighted by molar-refractivity contribution is -0.116. The van der Waals surface area contributed by atoms with Gasteiger partial charge in [0.05, 0.1) is 11.9 Å². The van der Waals surface area contributed by atoms with E-state index in [9.17, 15) is 9.59 Å². The Kier molecular flexibility index (Phi) is 3.57. The fourth-order valence-electron chi connectivity index (χ4n) is 1.71. The number of nitrogens with two attached hydrogens (primary N) is 1. The molecule has 1 amide bonds. The van der Waals surface area contributed by atoms with Crippen molar-refractivity contribution in [2.24, 2.45) is 11.7 Å². The molecular formula is C12H15N3O3. The van der Waals surface area contributed by atoms with Crippen LogP contribution in [0.25, 0.3) is 0 Å². The molecule has 0 saturated heterocycles. The van der Waals surface area contributed by atoms with Crippen molar-refractivity contribution in [2.75, 3.05) is 5.32 Å². The molecule has 0 aliphatic heterocycles. The predicted molar refractivity (Wildman–Crippen MR) is 65.1 cm³/mol. The maximum Gasteiger partial charge on any atom is 0.354 e. The zero-order valence-electron chi connectivity index (χ0n) is 9.80. The lowest BCUT2D eigenvalue weighted by Crippen LogP contribution is -2.28. The highest BCUT2D eigenvalue weighted by Crippen LogP contribution is 2.32. The molecule has 0 aromatic carbocycles. The van der Waals surface area contributed by atoms with Crippen LogP contribution in [0.1, 0.15) is 29.8 Å². The minimum atomic E-state index is -1.09. The summed E-state index contributed by atoms with van der Waals surface area (Å²) in [5.74, 6) is -0.786. The minimum Gasteiger partial charge on any atom is -0.477 e. The van der Waals surface area contributed by atoms with Crippen molar-refractivity contribution in [3.05, 3.63) is 24.0 Å². The molecule has 0 radical (unpaired) electrons. The molecule has 1 aliphatic rings. The lowest BCUT2D eigenvalue weighted by atomic mass is 10.1. The lowest BCUT2D eigenvalue weighted by Gasteiger charge is -2.10. The van der Waals surface area contributed by atoms with Crippen LogP contribution >= 0.6 is 0 Å². The number of aromatic nitrogens is 1. The molecule has 0 bridgehead atoms. The van der Waals surface area contributed by atoms with Crippen molar-refractivity contribution >= 4 is 17.6 Å². The van der Waals surface area contributed by atoms with Gasteiger partial charge in [-0.2, -0.15) is 0 Å². The van der Waals surface area contributed by atoms with Crippen LogP contribution in [0.4, 0.5) is 5.69 Å². The first-order chi connectivity index (χ1) is 8.56. The van der Waals surface area contributed by atoms with Gasteiger partial charge in [0.1, 0.15) is 5.69 Å². The fraction of sp³-hybridized carbons (Fsp3) is 0.417. The average molecular weight is 249 g/mol. The van der Waals surface area contributed by atoms with E-state index in [2.05, 4.69) is 10.3 Å². The van der Waals surface area contributed by atoms with E-state index in [1.54, 1.807) is 0 Å². The summed E-state index contributed by atoms with van der Waals surface area (Å²) in [7, 11) is 0. The summed E-state index contributed by atoms with van der Waals surface area (Å²) in [5, 5.41) is 11.3. The van der Waals surface area contributed by atoms with E-state index in [1.807, 2.05) is 0 Å². The Morgan fingerprint density at radius 1 is 1.50 bits per heavy atom. The Morgan fingerprint density at radius 3 is 2.72 bits per heavy atom. The molecule has 1 saturated carbocycles. The predicted octanol–water partition coefficient (Wildman–Crippen LogP) is 0.846. The van der Waals surface area contributed by atoms with Crippen molar-refractivity contribution in [3.8, 4) is 0 Å². The molecule has 6 heteroatoms. The van der Waals surface area contributed by atoms with Gasteiger partial charge in [0.15, 0.2) is 0 Å².